The molecule has 0 saturated heterocycles. The second kappa shape index (κ2) is 24.6. The summed E-state index contributed by atoms with van der Waals surface area (Å²) in [6.45, 7) is 3.14. The van der Waals surface area contributed by atoms with Crippen LogP contribution in [-0.4, -0.2) is 9.98 Å². The van der Waals surface area contributed by atoms with Crippen molar-refractivity contribution >= 4 is 0 Å². The SMILES string of the molecule is CCCCCCCC/C=C\CCCCCCCCN.[O-][I+2]([O-])O. The molecule has 4 nitrogen and oxygen atoms in total. The van der Waals surface area contributed by atoms with E-state index in [-0.39, 0.29) is 0 Å². The largest absolute Gasteiger partial charge is 0.503 e. The molecule has 0 heterocycles. The molecule has 0 atom stereocenters. The number of unbranched alkanes of at least 4 members (excludes halogenated alkanes) is 12. The standard InChI is InChI=1S/C18H37N.HIO3/c1-2-3-4-5-6-7-8-9-10-11-12-13-14-15-16-17-18-19;2-1(3)4/h9-10H,2-8,11-19H2,1H3;2H/b10-9-;. The summed E-state index contributed by atoms with van der Waals surface area (Å²) in [4.78, 5) is 0. The van der Waals surface area contributed by atoms with Crippen LogP contribution in [0.3, 0.4) is 0 Å². The van der Waals surface area contributed by atoms with E-state index in [0.29, 0.717) is 0 Å². The van der Waals surface area contributed by atoms with Gasteiger partial charge < -0.3 is 12.6 Å². The molecular formula is C18H38INO3. The van der Waals surface area contributed by atoms with Crippen LogP contribution >= 0.6 is 0 Å². The molecule has 0 aromatic rings. The van der Waals surface area contributed by atoms with E-state index < -0.39 is 21.1 Å². The van der Waals surface area contributed by atoms with Gasteiger partial charge in [0, 0.05) is 0 Å². The average molecular weight is 443 g/mol. The van der Waals surface area contributed by atoms with Crippen LogP contribution in [0.5, 0.6) is 0 Å². The average Bonchev–Trinajstić information content (AvgIpc) is 2.50. The van der Waals surface area contributed by atoms with Gasteiger partial charge in [-0.25, -0.2) is 0 Å². The molecule has 0 aliphatic heterocycles. The van der Waals surface area contributed by atoms with E-state index in [1.807, 2.05) is 0 Å². The molecule has 3 N–H and O–H groups in total. The number of halogens is 1. The van der Waals surface area contributed by atoms with Crippen molar-refractivity contribution in [2.75, 3.05) is 6.54 Å². The van der Waals surface area contributed by atoms with E-state index in [0.717, 1.165) is 6.54 Å². The quantitative estimate of drug-likeness (QED) is 0.213. The Morgan fingerprint density at radius 1 is 0.739 bits per heavy atom. The molecule has 0 amide bonds. The van der Waals surface area contributed by atoms with Crippen LogP contribution in [-0.2, 0) is 0 Å². The molecule has 0 radical (unpaired) electrons. The fourth-order valence-electron chi connectivity index (χ4n) is 2.39. The zero-order valence-electron chi connectivity index (χ0n) is 15.0. The van der Waals surface area contributed by atoms with Gasteiger partial charge in [-0.3, -0.25) is 0 Å². The minimum atomic E-state index is -3.76. The lowest BCUT2D eigenvalue weighted by Gasteiger charge is -1.99. The maximum Gasteiger partial charge on any atom is 0.503 e. The van der Waals surface area contributed by atoms with Gasteiger partial charge in [0.15, 0.2) is 0 Å². The third kappa shape index (κ3) is 34.6. The van der Waals surface area contributed by atoms with Crippen molar-refractivity contribution in [2.45, 2.75) is 96.8 Å². The van der Waals surface area contributed by atoms with Crippen LogP contribution < -0.4 is 33.7 Å². The summed E-state index contributed by atoms with van der Waals surface area (Å²) < 4.78 is 24.5. The van der Waals surface area contributed by atoms with Crippen LogP contribution in [0.25, 0.3) is 0 Å². The van der Waals surface area contributed by atoms with Crippen molar-refractivity contribution in [2.24, 2.45) is 5.73 Å². The lowest BCUT2D eigenvalue weighted by Crippen LogP contribution is -3.98. The van der Waals surface area contributed by atoms with Gasteiger partial charge in [0.25, 0.3) is 0 Å². The molecule has 0 unspecified atom stereocenters. The topological polar surface area (TPSA) is 92.4 Å². The van der Waals surface area contributed by atoms with Gasteiger partial charge in [-0.1, -0.05) is 76.9 Å². The molecule has 0 aromatic heterocycles. The minimum absolute atomic E-state index is 0.862. The zero-order chi connectivity index (χ0) is 17.6. The first kappa shape index (κ1) is 25.5. The predicted molar refractivity (Wildman–Crippen MR) is 90.7 cm³/mol. The van der Waals surface area contributed by atoms with Gasteiger partial charge in [-0.05, 0) is 42.1 Å². The zero-order valence-corrected chi connectivity index (χ0v) is 17.1. The molecular weight excluding hydrogens is 405 g/mol. The van der Waals surface area contributed by atoms with Crippen molar-refractivity contribution in [1.82, 2.24) is 0 Å². The maximum atomic E-state index is 8.68. The molecule has 0 spiro atoms. The Morgan fingerprint density at radius 3 is 1.48 bits per heavy atom. The van der Waals surface area contributed by atoms with Gasteiger partial charge in [0.2, 0.25) is 0 Å². The highest BCUT2D eigenvalue weighted by atomic mass is 127. The summed E-state index contributed by atoms with van der Waals surface area (Å²) >= 11 is -3.76. The van der Waals surface area contributed by atoms with Gasteiger partial charge in [0.1, 0.15) is 0 Å². The fourth-order valence-corrected chi connectivity index (χ4v) is 2.39. The highest BCUT2D eigenvalue weighted by molar-refractivity contribution is 4.81. The summed E-state index contributed by atoms with van der Waals surface area (Å²) in [5.41, 5.74) is 5.47. The van der Waals surface area contributed by atoms with E-state index in [2.05, 4.69) is 19.1 Å². The molecule has 5 heteroatoms. The molecule has 23 heavy (non-hydrogen) atoms. The van der Waals surface area contributed by atoms with Gasteiger partial charge >= 0.3 is 21.1 Å². The van der Waals surface area contributed by atoms with E-state index in [1.165, 1.54) is 89.9 Å². The Bertz CT molecular complexity index is 224. The van der Waals surface area contributed by atoms with Gasteiger partial charge in [-0.15, -0.1) is 0 Å². The number of allylic oxidation sites excluding steroid dienone is 2. The molecule has 0 aliphatic carbocycles. The summed E-state index contributed by atoms with van der Waals surface area (Å²) in [5.74, 6) is 0. The van der Waals surface area contributed by atoms with Crippen molar-refractivity contribution in [3.8, 4) is 0 Å². The van der Waals surface area contributed by atoms with Gasteiger partial charge in [0.05, 0.1) is 0 Å². The Hall–Kier alpha value is 0.310. The van der Waals surface area contributed by atoms with Crippen molar-refractivity contribution in [3.63, 3.8) is 0 Å². The van der Waals surface area contributed by atoms with Crippen LogP contribution in [0.1, 0.15) is 96.8 Å². The smallest absolute Gasteiger partial charge is 0.396 e. The monoisotopic (exact) mass is 443 g/mol. The highest BCUT2D eigenvalue weighted by Gasteiger charge is 1.90. The van der Waals surface area contributed by atoms with E-state index >= 15 is 0 Å². The van der Waals surface area contributed by atoms with E-state index in [1.54, 1.807) is 0 Å². The van der Waals surface area contributed by atoms with Crippen molar-refractivity contribution in [1.29, 1.82) is 0 Å². The van der Waals surface area contributed by atoms with E-state index in [9.17, 15) is 0 Å². The normalized spacial score (nSPS) is 11.0. The lowest BCUT2D eigenvalue weighted by atomic mass is 10.1. The third-order valence-corrected chi connectivity index (χ3v) is 3.72. The van der Waals surface area contributed by atoms with Crippen molar-refractivity contribution < 1.29 is 31.4 Å². The highest BCUT2D eigenvalue weighted by Crippen LogP contribution is 2.09. The molecule has 0 aliphatic rings. The summed E-state index contributed by atoms with van der Waals surface area (Å²) in [6.07, 6.45) is 23.9. The minimum Gasteiger partial charge on any atom is -0.396 e. The summed E-state index contributed by atoms with van der Waals surface area (Å²) in [5, 5.41) is 0. The first-order valence-electron chi connectivity index (χ1n) is 9.24. The van der Waals surface area contributed by atoms with Gasteiger partial charge in [-0.2, -0.15) is 0 Å². The van der Waals surface area contributed by atoms with Crippen LogP contribution in [0.15, 0.2) is 12.2 Å². The molecule has 0 bridgehead atoms. The number of nitrogens with two attached hydrogens (primary N) is 1. The predicted octanol–water partition coefficient (Wildman–Crippen LogP) is 0.0516. The molecule has 0 fully saturated rings. The maximum absolute atomic E-state index is 8.68. The number of rotatable bonds is 15. The van der Waals surface area contributed by atoms with E-state index in [4.69, 9.17) is 16.0 Å². The summed E-state index contributed by atoms with van der Waals surface area (Å²) in [7, 11) is 0. The number of hydrogen-bond donors (Lipinski definition) is 2. The third-order valence-electron chi connectivity index (χ3n) is 3.72. The van der Waals surface area contributed by atoms with Crippen LogP contribution in [0.4, 0.5) is 0 Å². The summed E-state index contributed by atoms with van der Waals surface area (Å²) in [6, 6.07) is 0. The second-order valence-corrected chi connectivity index (χ2v) is 7.07. The Morgan fingerprint density at radius 2 is 1.09 bits per heavy atom. The van der Waals surface area contributed by atoms with Crippen molar-refractivity contribution in [3.05, 3.63) is 12.2 Å². The molecule has 0 saturated carbocycles. The van der Waals surface area contributed by atoms with Crippen LogP contribution in [0.2, 0.25) is 0 Å². The molecule has 140 valence electrons. The first-order chi connectivity index (χ1) is 11.1. The second-order valence-electron chi connectivity index (χ2n) is 5.93. The number of hydrogen-bond acceptors (Lipinski definition) is 4. The molecule has 0 rings (SSSR count). The Labute approximate surface area is 152 Å². The Balaban J connectivity index is 0. The fraction of sp³-hybridized carbons (Fsp3) is 0.889. The molecule has 0 aromatic carbocycles. The first-order valence-corrected chi connectivity index (χ1v) is 12.0. The van der Waals surface area contributed by atoms with Crippen LogP contribution in [0, 0.1) is 0 Å². The Kier molecular flexibility index (Phi) is 27.3. The lowest BCUT2D eigenvalue weighted by molar-refractivity contribution is -1.63.